The van der Waals surface area contributed by atoms with E-state index in [1.165, 1.54) is 12.8 Å². The quantitative estimate of drug-likeness (QED) is 0.556. The molecular weight excluding hydrogens is 392 g/mol. The normalized spacial score (nSPS) is 14.0. The molecule has 162 valence electrons. The molecule has 1 saturated heterocycles. The number of carbonyl (C=O) groups is 1. The van der Waals surface area contributed by atoms with Crippen LogP contribution in [0.4, 0.5) is 5.69 Å². The fourth-order valence-electron chi connectivity index (χ4n) is 3.74. The third-order valence-corrected chi connectivity index (χ3v) is 5.34. The van der Waals surface area contributed by atoms with Gasteiger partial charge in [-0.1, -0.05) is 23.4 Å². The molecule has 2 aromatic carbocycles. The SMILES string of the molecule is CCOc1ccc(-c2noc(CCC(=O)Nc3ccccc3CN3CCCC3)n2)cc1. The van der Waals surface area contributed by atoms with Crippen molar-refractivity contribution in [2.24, 2.45) is 0 Å². The smallest absolute Gasteiger partial charge is 0.227 e. The van der Waals surface area contributed by atoms with E-state index in [-0.39, 0.29) is 12.3 Å². The van der Waals surface area contributed by atoms with Crippen molar-refractivity contribution in [3.05, 3.63) is 60.0 Å². The summed E-state index contributed by atoms with van der Waals surface area (Å²) in [6.45, 7) is 5.68. The highest BCUT2D eigenvalue weighted by molar-refractivity contribution is 5.91. The van der Waals surface area contributed by atoms with E-state index in [9.17, 15) is 4.79 Å². The maximum absolute atomic E-state index is 12.5. The van der Waals surface area contributed by atoms with Crippen molar-refractivity contribution in [3.63, 3.8) is 0 Å². The van der Waals surface area contributed by atoms with Gasteiger partial charge in [-0.05, 0) is 68.8 Å². The van der Waals surface area contributed by atoms with Crippen LogP contribution in [0.15, 0.2) is 53.1 Å². The molecule has 1 aliphatic heterocycles. The summed E-state index contributed by atoms with van der Waals surface area (Å²) in [5.41, 5.74) is 2.87. The van der Waals surface area contributed by atoms with Gasteiger partial charge in [-0.3, -0.25) is 9.69 Å². The van der Waals surface area contributed by atoms with Gasteiger partial charge in [0.15, 0.2) is 0 Å². The number of para-hydroxylation sites is 1. The number of likely N-dealkylation sites (tertiary alicyclic amines) is 1. The molecule has 1 aromatic heterocycles. The number of nitrogens with zero attached hydrogens (tertiary/aromatic N) is 3. The fraction of sp³-hybridized carbons (Fsp3) is 0.375. The Morgan fingerprint density at radius 1 is 1.13 bits per heavy atom. The largest absolute Gasteiger partial charge is 0.494 e. The third-order valence-electron chi connectivity index (χ3n) is 5.34. The van der Waals surface area contributed by atoms with Crippen molar-refractivity contribution in [2.45, 2.75) is 39.2 Å². The van der Waals surface area contributed by atoms with Gasteiger partial charge in [0.25, 0.3) is 0 Å². The first kappa shape index (κ1) is 21.1. The average Bonchev–Trinajstić information content (AvgIpc) is 3.47. The Labute approximate surface area is 182 Å². The van der Waals surface area contributed by atoms with Crippen LogP contribution in [0.2, 0.25) is 0 Å². The summed E-state index contributed by atoms with van der Waals surface area (Å²) >= 11 is 0. The summed E-state index contributed by atoms with van der Waals surface area (Å²) in [7, 11) is 0. The monoisotopic (exact) mass is 420 g/mol. The third kappa shape index (κ3) is 5.70. The van der Waals surface area contributed by atoms with Crippen molar-refractivity contribution in [1.29, 1.82) is 0 Å². The zero-order valence-corrected chi connectivity index (χ0v) is 17.8. The Morgan fingerprint density at radius 3 is 2.68 bits per heavy atom. The standard InChI is InChI=1S/C24H28N4O3/c1-2-30-20-11-9-18(10-12-20)24-26-23(31-27-24)14-13-22(29)25-21-8-4-3-7-19(21)17-28-15-5-6-16-28/h3-4,7-12H,2,5-6,13-17H2,1H3,(H,25,29). The van der Waals surface area contributed by atoms with Gasteiger partial charge in [0.05, 0.1) is 6.61 Å². The van der Waals surface area contributed by atoms with Gasteiger partial charge in [-0.15, -0.1) is 0 Å². The summed E-state index contributed by atoms with van der Waals surface area (Å²) in [5.74, 6) is 1.70. The van der Waals surface area contributed by atoms with Gasteiger partial charge >= 0.3 is 0 Å². The highest BCUT2D eigenvalue weighted by Gasteiger charge is 2.15. The number of anilines is 1. The first-order valence-corrected chi connectivity index (χ1v) is 10.9. The van der Waals surface area contributed by atoms with Crippen molar-refractivity contribution < 1.29 is 14.1 Å². The first-order valence-electron chi connectivity index (χ1n) is 10.9. The molecule has 0 atom stereocenters. The predicted octanol–water partition coefficient (Wildman–Crippen LogP) is 4.30. The summed E-state index contributed by atoms with van der Waals surface area (Å²) in [6.07, 6.45) is 3.17. The molecule has 0 saturated carbocycles. The minimum absolute atomic E-state index is 0.0605. The van der Waals surface area contributed by atoms with Crippen LogP contribution in [0.1, 0.15) is 37.6 Å². The Balaban J connectivity index is 1.31. The Bertz CT molecular complexity index is 994. The molecule has 0 bridgehead atoms. The summed E-state index contributed by atoms with van der Waals surface area (Å²) in [5, 5.41) is 7.07. The van der Waals surface area contributed by atoms with Crippen molar-refractivity contribution >= 4 is 11.6 Å². The van der Waals surface area contributed by atoms with Crippen molar-refractivity contribution in [1.82, 2.24) is 15.0 Å². The van der Waals surface area contributed by atoms with Gasteiger partial charge in [-0.25, -0.2) is 0 Å². The number of carbonyl (C=O) groups excluding carboxylic acids is 1. The second kappa shape index (κ2) is 10.2. The van der Waals surface area contributed by atoms with Crippen molar-refractivity contribution in [2.75, 3.05) is 25.0 Å². The van der Waals surface area contributed by atoms with Crippen LogP contribution in [0.3, 0.4) is 0 Å². The lowest BCUT2D eigenvalue weighted by atomic mass is 10.1. The number of amides is 1. The number of ether oxygens (including phenoxy) is 1. The highest BCUT2D eigenvalue weighted by atomic mass is 16.5. The van der Waals surface area contributed by atoms with E-state index in [2.05, 4.69) is 26.4 Å². The number of rotatable bonds is 9. The fourth-order valence-corrected chi connectivity index (χ4v) is 3.74. The molecule has 4 rings (SSSR count). The lowest BCUT2D eigenvalue weighted by Crippen LogP contribution is -2.20. The number of benzene rings is 2. The van der Waals surface area contributed by atoms with E-state index in [0.29, 0.717) is 24.7 Å². The van der Waals surface area contributed by atoms with Gasteiger partial charge in [-0.2, -0.15) is 4.98 Å². The first-order chi connectivity index (χ1) is 15.2. The molecule has 0 unspecified atom stereocenters. The molecule has 7 heteroatoms. The lowest BCUT2D eigenvalue weighted by molar-refractivity contribution is -0.116. The van der Waals surface area contributed by atoms with E-state index in [1.807, 2.05) is 49.4 Å². The zero-order chi connectivity index (χ0) is 21.5. The van der Waals surface area contributed by atoms with Crippen LogP contribution in [0, 0.1) is 0 Å². The molecule has 1 fully saturated rings. The van der Waals surface area contributed by atoms with E-state index in [0.717, 1.165) is 42.2 Å². The number of nitrogens with one attached hydrogen (secondary N) is 1. The Hall–Kier alpha value is -3.19. The summed E-state index contributed by atoms with van der Waals surface area (Å²) < 4.78 is 10.8. The van der Waals surface area contributed by atoms with Gasteiger partial charge in [0, 0.05) is 30.6 Å². The van der Waals surface area contributed by atoms with Crippen LogP contribution in [-0.2, 0) is 17.8 Å². The van der Waals surface area contributed by atoms with E-state index in [4.69, 9.17) is 9.26 Å². The van der Waals surface area contributed by atoms with Crippen LogP contribution in [0.25, 0.3) is 11.4 Å². The molecule has 7 nitrogen and oxygen atoms in total. The molecule has 1 aliphatic rings. The van der Waals surface area contributed by atoms with E-state index in [1.54, 1.807) is 0 Å². The van der Waals surface area contributed by atoms with Crippen LogP contribution < -0.4 is 10.1 Å². The molecule has 31 heavy (non-hydrogen) atoms. The predicted molar refractivity (Wildman–Crippen MR) is 119 cm³/mol. The van der Waals surface area contributed by atoms with Crippen molar-refractivity contribution in [3.8, 4) is 17.1 Å². The molecule has 2 heterocycles. The average molecular weight is 421 g/mol. The Kier molecular flexibility index (Phi) is 6.94. The second-order valence-corrected chi connectivity index (χ2v) is 7.66. The second-order valence-electron chi connectivity index (χ2n) is 7.66. The van der Waals surface area contributed by atoms with Gasteiger partial charge in [0.1, 0.15) is 5.75 Å². The van der Waals surface area contributed by atoms with E-state index >= 15 is 0 Å². The van der Waals surface area contributed by atoms with Crippen LogP contribution >= 0.6 is 0 Å². The zero-order valence-electron chi connectivity index (χ0n) is 17.8. The highest BCUT2D eigenvalue weighted by Crippen LogP contribution is 2.22. The molecule has 1 amide bonds. The summed E-state index contributed by atoms with van der Waals surface area (Å²) in [4.78, 5) is 19.4. The summed E-state index contributed by atoms with van der Waals surface area (Å²) in [6, 6.07) is 15.5. The number of hydrogen-bond donors (Lipinski definition) is 1. The number of aryl methyl sites for hydroxylation is 1. The van der Waals surface area contributed by atoms with E-state index < -0.39 is 0 Å². The Morgan fingerprint density at radius 2 is 1.90 bits per heavy atom. The molecule has 3 aromatic rings. The van der Waals surface area contributed by atoms with Crippen LogP contribution in [0.5, 0.6) is 5.75 Å². The number of aromatic nitrogens is 2. The lowest BCUT2D eigenvalue weighted by Gasteiger charge is -2.17. The molecule has 0 spiro atoms. The molecule has 1 N–H and O–H groups in total. The maximum Gasteiger partial charge on any atom is 0.227 e. The molecular formula is C24H28N4O3. The van der Waals surface area contributed by atoms with Gasteiger partial charge in [0.2, 0.25) is 17.6 Å². The van der Waals surface area contributed by atoms with Gasteiger partial charge < -0.3 is 14.6 Å². The molecule has 0 radical (unpaired) electrons. The minimum atomic E-state index is -0.0605. The van der Waals surface area contributed by atoms with Crippen LogP contribution in [-0.4, -0.2) is 40.6 Å². The maximum atomic E-state index is 12.5. The molecule has 0 aliphatic carbocycles. The number of hydrogen-bond acceptors (Lipinski definition) is 6. The topological polar surface area (TPSA) is 80.5 Å². The minimum Gasteiger partial charge on any atom is -0.494 e.